The lowest BCUT2D eigenvalue weighted by atomic mass is 10.1. The molecule has 0 spiro atoms. The molecule has 190 valence electrons. The largest absolute Gasteiger partial charge is 0.455 e. The summed E-state index contributed by atoms with van der Waals surface area (Å²) in [6.07, 6.45) is 1.17. The number of hydrogen-bond acceptors (Lipinski definition) is 10. The van der Waals surface area contributed by atoms with Gasteiger partial charge in [-0.25, -0.2) is 5.43 Å². The molecule has 0 aliphatic rings. The molecular weight excluding hydrogens is 492 g/mol. The number of nitrogens with zero attached hydrogens (tertiary/aromatic N) is 4. The number of hydrogen-bond donors (Lipinski definition) is 2. The number of nitrogens with one attached hydrogen (secondary N) is 2. The molecule has 2 amide bonds. The summed E-state index contributed by atoms with van der Waals surface area (Å²) in [4.78, 5) is 55.5. The first-order valence-corrected chi connectivity index (χ1v) is 10.4. The Hall–Kier alpha value is -5.47. The monoisotopic (exact) mass is 510 g/mol. The standard InChI is InChI=1S/C22H18N6O9/c1-12-18(4-3-5-19(12)28(35)36)20-7-6-17(37-20)11-23-25-21(29)13(2)24-22(30)14-8-15(26(31)32)10-16(9-14)27(33)34/h3-11,13H,1-2H3,(H,24,30)(H,25,29)/b23-11-/t13-/m1/s1. The van der Waals surface area contributed by atoms with Crippen molar-refractivity contribution in [2.45, 2.75) is 19.9 Å². The van der Waals surface area contributed by atoms with Gasteiger partial charge in [-0.05, 0) is 26.0 Å². The molecule has 0 fully saturated rings. The zero-order chi connectivity index (χ0) is 27.3. The van der Waals surface area contributed by atoms with E-state index in [0.29, 0.717) is 23.0 Å². The predicted molar refractivity (Wildman–Crippen MR) is 128 cm³/mol. The molecule has 3 rings (SSSR count). The maximum atomic E-state index is 12.4. The summed E-state index contributed by atoms with van der Waals surface area (Å²) in [6, 6.07) is 8.92. The van der Waals surface area contributed by atoms with Crippen molar-refractivity contribution in [3.8, 4) is 11.3 Å². The van der Waals surface area contributed by atoms with Gasteiger partial charge in [0.2, 0.25) is 0 Å². The van der Waals surface area contributed by atoms with Crippen LogP contribution >= 0.6 is 0 Å². The molecule has 3 aromatic rings. The Bertz CT molecular complexity index is 1410. The summed E-state index contributed by atoms with van der Waals surface area (Å²) >= 11 is 0. The van der Waals surface area contributed by atoms with E-state index in [-0.39, 0.29) is 17.0 Å². The second-order valence-electron chi connectivity index (χ2n) is 7.59. The molecule has 15 heteroatoms. The van der Waals surface area contributed by atoms with Gasteiger partial charge in [-0.3, -0.25) is 39.9 Å². The van der Waals surface area contributed by atoms with Gasteiger partial charge in [0, 0.05) is 29.3 Å². The molecule has 0 saturated heterocycles. The lowest BCUT2D eigenvalue weighted by Gasteiger charge is -2.12. The smallest absolute Gasteiger partial charge is 0.277 e. The molecule has 15 nitrogen and oxygen atoms in total. The molecule has 0 radical (unpaired) electrons. The van der Waals surface area contributed by atoms with E-state index in [1.54, 1.807) is 19.1 Å². The van der Waals surface area contributed by atoms with Crippen LogP contribution in [0.25, 0.3) is 11.3 Å². The highest BCUT2D eigenvalue weighted by Crippen LogP contribution is 2.30. The second-order valence-corrected chi connectivity index (χ2v) is 7.59. The van der Waals surface area contributed by atoms with Crippen LogP contribution in [0.3, 0.4) is 0 Å². The van der Waals surface area contributed by atoms with E-state index in [1.165, 1.54) is 31.3 Å². The van der Waals surface area contributed by atoms with Gasteiger partial charge in [-0.2, -0.15) is 5.10 Å². The minimum Gasteiger partial charge on any atom is -0.455 e. The molecule has 0 bridgehead atoms. The van der Waals surface area contributed by atoms with Crippen molar-refractivity contribution >= 4 is 35.1 Å². The average molecular weight is 510 g/mol. The van der Waals surface area contributed by atoms with Gasteiger partial charge < -0.3 is 9.73 Å². The molecule has 0 aliphatic heterocycles. The molecule has 0 saturated carbocycles. The first-order chi connectivity index (χ1) is 17.5. The summed E-state index contributed by atoms with van der Waals surface area (Å²) in [6.45, 7) is 2.90. The van der Waals surface area contributed by atoms with Gasteiger partial charge in [0.15, 0.2) is 0 Å². The zero-order valence-electron chi connectivity index (χ0n) is 19.2. The quantitative estimate of drug-likeness (QED) is 0.245. The van der Waals surface area contributed by atoms with E-state index < -0.39 is 44.0 Å². The lowest BCUT2D eigenvalue weighted by Crippen LogP contribution is -2.43. The normalized spacial score (nSPS) is 11.6. The fourth-order valence-electron chi connectivity index (χ4n) is 3.19. The molecule has 37 heavy (non-hydrogen) atoms. The van der Waals surface area contributed by atoms with E-state index in [0.717, 1.165) is 12.1 Å². The Morgan fingerprint density at radius 3 is 2.22 bits per heavy atom. The summed E-state index contributed by atoms with van der Waals surface area (Å²) in [5.74, 6) is -1.13. The zero-order valence-corrected chi connectivity index (χ0v) is 19.2. The van der Waals surface area contributed by atoms with Crippen LogP contribution in [0.2, 0.25) is 0 Å². The van der Waals surface area contributed by atoms with Gasteiger partial charge in [0.25, 0.3) is 28.9 Å². The highest BCUT2D eigenvalue weighted by Gasteiger charge is 2.22. The van der Waals surface area contributed by atoms with Crippen LogP contribution in [0.15, 0.2) is 58.0 Å². The van der Waals surface area contributed by atoms with Crippen LogP contribution in [-0.4, -0.2) is 38.8 Å². The van der Waals surface area contributed by atoms with Crippen molar-refractivity contribution in [1.82, 2.24) is 10.7 Å². The number of carbonyl (C=O) groups is 2. The van der Waals surface area contributed by atoms with Gasteiger partial charge in [-0.15, -0.1) is 0 Å². The summed E-state index contributed by atoms with van der Waals surface area (Å²) in [5.41, 5.74) is 1.36. The SMILES string of the molecule is Cc1c(-c2ccc(/C=N\NC(=O)[C@@H](C)NC(=O)c3cc([N+](=O)[O-])cc([N+](=O)[O-])c3)o2)cccc1[N+](=O)[O-]. The van der Waals surface area contributed by atoms with E-state index in [4.69, 9.17) is 4.42 Å². The summed E-state index contributed by atoms with van der Waals surface area (Å²) in [7, 11) is 0. The maximum absolute atomic E-state index is 12.4. The van der Waals surface area contributed by atoms with Gasteiger partial charge in [0.1, 0.15) is 17.6 Å². The molecule has 1 aromatic heterocycles. The fraction of sp³-hybridized carbons (Fsp3) is 0.136. The van der Waals surface area contributed by atoms with E-state index in [2.05, 4.69) is 15.8 Å². The average Bonchev–Trinajstić information content (AvgIpc) is 3.32. The van der Waals surface area contributed by atoms with Crippen molar-refractivity contribution in [2.75, 3.05) is 0 Å². The number of amides is 2. The number of nitro groups is 3. The number of furan rings is 1. The number of rotatable bonds is 9. The van der Waals surface area contributed by atoms with Crippen molar-refractivity contribution < 1.29 is 28.8 Å². The Labute approximate surface area is 207 Å². The van der Waals surface area contributed by atoms with Crippen molar-refractivity contribution in [3.05, 3.63) is 95.8 Å². The Kier molecular flexibility index (Phi) is 7.67. The third kappa shape index (κ3) is 6.16. The lowest BCUT2D eigenvalue weighted by molar-refractivity contribution is -0.394. The topological polar surface area (TPSA) is 213 Å². The van der Waals surface area contributed by atoms with Crippen molar-refractivity contribution in [1.29, 1.82) is 0 Å². The van der Waals surface area contributed by atoms with Gasteiger partial charge in [-0.1, -0.05) is 12.1 Å². The molecule has 0 unspecified atom stereocenters. The fourth-order valence-corrected chi connectivity index (χ4v) is 3.19. The van der Waals surface area contributed by atoms with Crippen LogP contribution in [0.1, 0.15) is 28.6 Å². The first-order valence-electron chi connectivity index (χ1n) is 10.4. The van der Waals surface area contributed by atoms with E-state index >= 15 is 0 Å². The Morgan fingerprint density at radius 1 is 0.973 bits per heavy atom. The predicted octanol–water partition coefficient (Wildman–Crippen LogP) is 3.25. The summed E-state index contributed by atoms with van der Waals surface area (Å²) < 4.78 is 5.61. The number of benzene rings is 2. The van der Waals surface area contributed by atoms with Crippen LogP contribution in [-0.2, 0) is 4.79 Å². The highest BCUT2D eigenvalue weighted by atomic mass is 16.6. The van der Waals surface area contributed by atoms with Crippen LogP contribution < -0.4 is 10.7 Å². The first kappa shape index (κ1) is 26.1. The number of nitro benzene ring substituents is 3. The van der Waals surface area contributed by atoms with Crippen LogP contribution in [0, 0.1) is 37.3 Å². The third-order valence-electron chi connectivity index (χ3n) is 5.09. The third-order valence-corrected chi connectivity index (χ3v) is 5.09. The minimum absolute atomic E-state index is 0.0628. The number of hydrazone groups is 1. The molecular formula is C22H18N6O9. The molecule has 1 atom stereocenters. The van der Waals surface area contributed by atoms with Gasteiger partial charge >= 0.3 is 0 Å². The minimum atomic E-state index is -1.16. The van der Waals surface area contributed by atoms with E-state index in [9.17, 15) is 39.9 Å². The second kappa shape index (κ2) is 10.9. The Balaban J connectivity index is 1.64. The number of carbonyl (C=O) groups excluding carboxylic acids is 2. The molecule has 0 aliphatic carbocycles. The molecule has 2 N–H and O–H groups in total. The van der Waals surface area contributed by atoms with E-state index in [1.807, 2.05) is 0 Å². The van der Waals surface area contributed by atoms with Crippen LogP contribution in [0.4, 0.5) is 17.1 Å². The van der Waals surface area contributed by atoms with Crippen molar-refractivity contribution in [3.63, 3.8) is 0 Å². The molecule has 2 aromatic carbocycles. The highest BCUT2D eigenvalue weighted by molar-refractivity contribution is 5.98. The van der Waals surface area contributed by atoms with Gasteiger partial charge in [0.05, 0.1) is 32.6 Å². The summed E-state index contributed by atoms with van der Waals surface area (Å²) in [5, 5.41) is 39.1. The van der Waals surface area contributed by atoms with Crippen LogP contribution in [0.5, 0.6) is 0 Å². The molecule has 1 heterocycles. The van der Waals surface area contributed by atoms with Crippen molar-refractivity contribution in [2.24, 2.45) is 5.10 Å². The number of non-ortho nitro benzene ring substituents is 2. The Morgan fingerprint density at radius 2 is 1.62 bits per heavy atom. The maximum Gasteiger partial charge on any atom is 0.277 e.